The van der Waals surface area contributed by atoms with E-state index >= 15 is 0 Å². The summed E-state index contributed by atoms with van der Waals surface area (Å²) in [5.41, 5.74) is 0. The number of nitrogens with one attached hydrogen (secondary N) is 1. The summed E-state index contributed by atoms with van der Waals surface area (Å²) in [6.45, 7) is 3.10. The molecule has 54 valence electrons. The van der Waals surface area contributed by atoms with E-state index in [4.69, 9.17) is 0 Å². The SMILES string of the molecule is CC(CN[SH]=O)C1CC1. The summed E-state index contributed by atoms with van der Waals surface area (Å²) >= 11 is 0.0731. The molecule has 0 aromatic rings. The van der Waals surface area contributed by atoms with Crippen molar-refractivity contribution in [3.8, 4) is 0 Å². The molecule has 0 amide bonds. The van der Waals surface area contributed by atoms with Crippen molar-refractivity contribution in [2.45, 2.75) is 19.8 Å². The van der Waals surface area contributed by atoms with Crippen LogP contribution in [0.5, 0.6) is 0 Å². The van der Waals surface area contributed by atoms with Crippen LogP contribution in [0.1, 0.15) is 19.8 Å². The van der Waals surface area contributed by atoms with E-state index in [0.29, 0.717) is 5.92 Å². The van der Waals surface area contributed by atoms with Crippen molar-refractivity contribution < 1.29 is 4.21 Å². The summed E-state index contributed by atoms with van der Waals surface area (Å²) in [7, 11) is 0. The summed E-state index contributed by atoms with van der Waals surface area (Å²) in [5.74, 6) is 1.63. The first-order chi connectivity index (χ1) is 4.34. The van der Waals surface area contributed by atoms with Gasteiger partial charge in [0.05, 0.1) is 11.9 Å². The van der Waals surface area contributed by atoms with Gasteiger partial charge < -0.3 is 0 Å². The smallest absolute Gasteiger partial charge is 0.0781 e. The summed E-state index contributed by atoms with van der Waals surface area (Å²) in [4.78, 5) is 0. The largest absolute Gasteiger partial charge is 0.246 e. The zero-order valence-electron chi connectivity index (χ0n) is 5.63. The van der Waals surface area contributed by atoms with E-state index in [1.54, 1.807) is 0 Å². The first kappa shape index (κ1) is 7.22. The van der Waals surface area contributed by atoms with Crippen LogP contribution in [0.4, 0.5) is 0 Å². The maximum Gasteiger partial charge on any atom is 0.0781 e. The number of hydrogen-bond donors (Lipinski definition) is 2. The highest BCUT2D eigenvalue weighted by Crippen LogP contribution is 2.35. The van der Waals surface area contributed by atoms with Gasteiger partial charge in [-0.25, -0.2) is 8.93 Å². The van der Waals surface area contributed by atoms with Crippen LogP contribution >= 0.6 is 0 Å². The zero-order valence-corrected chi connectivity index (χ0v) is 6.53. The Morgan fingerprint density at radius 3 is 2.89 bits per heavy atom. The van der Waals surface area contributed by atoms with E-state index < -0.39 is 0 Å². The van der Waals surface area contributed by atoms with Crippen molar-refractivity contribution in [3.05, 3.63) is 0 Å². The highest BCUT2D eigenvalue weighted by atomic mass is 32.2. The molecule has 1 atom stereocenters. The molecule has 1 unspecified atom stereocenters. The minimum Gasteiger partial charge on any atom is -0.246 e. The maximum absolute atomic E-state index is 9.94. The van der Waals surface area contributed by atoms with E-state index in [1.165, 1.54) is 12.8 Å². The Kier molecular flexibility index (Phi) is 2.66. The molecule has 0 heterocycles. The number of thiol groups is 1. The van der Waals surface area contributed by atoms with Gasteiger partial charge in [0.25, 0.3) is 0 Å². The topological polar surface area (TPSA) is 29.1 Å². The van der Waals surface area contributed by atoms with Gasteiger partial charge in [-0.2, -0.15) is 0 Å². The lowest BCUT2D eigenvalue weighted by molar-refractivity contribution is 0.505. The molecule has 3 heteroatoms. The third-order valence-corrected chi connectivity index (χ3v) is 2.22. The molecule has 0 spiro atoms. The van der Waals surface area contributed by atoms with Crippen molar-refractivity contribution >= 4 is 11.9 Å². The number of rotatable bonds is 4. The molecule has 2 nitrogen and oxygen atoms in total. The fourth-order valence-electron chi connectivity index (χ4n) is 1.01. The first-order valence-electron chi connectivity index (χ1n) is 3.40. The lowest BCUT2D eigenvalue weighted by Crippen LogP contribution is -2.17. The molecule has 0 saturated heterocycles. The molecule has 0 radical (unpaired) electrons. The van der Waals surface area contributed by atoms with Gasteiger partial charge >= 0.3 is 0 Å². The monoisotopic (exact) mass is 147 g/mol. The molecule has 1 aliphatic carbocycles. The average Bonchev–Trinajstić information content (AvgIpc) is 2.63. The Bertz CT molecular complexity index is 103. The van der Waals surface area contributed by atoms with Gasteiger partial charge in [0, 0.05) is 6.54 Å². The van der Waals surface area contributed by atoms with Crippen LogP contribution in [0.15, 0.2) is 0 Å². The normalized spacial score (nSPS) is 21.9. The Morgan fingerprint density at radius 2 is 2.44 bits per heavy atom. The lowest BCUT2D eigenvalue weighted by atomic mass is 10.1. The van der Waals surface area contributed by atoms with Crippen LogP contribution in [0.3, 0.4) is 0 Å². The summed E-state index contributed by atoms with van der Waals surface area (Å²) < 4.78 is 12.7. The number of hydrogen-bond acceptors (Lipinski definition) is 1. The van der Waals surface area contributed by atoms with Crippen molar-refractivity contribution in [2.24, 2.45) is 11.8 Å². The average molecular weight is 147 g/mol. The minimum atomic E-state index is 0.0731. The van der Waals surface area contributed by atoms with Crippen molar-refractivity contribution in [1.29, 1.82) is 0 Å². The summed E-state index contributed by atoms with van der Waals surface area (Å²) in [6.07, 6.45) is 2.75. The van der Waals surface area contributed by atoms with Crippen LogP contribution in [0.25, 0.3) is 0 Å². The predicted octanol–water partition coefficient (Wildman–Crippen LogP) is 0.482. The van der Waals surface area contributed by atoms with Crippen LogP contribution in [0, 0.1) is 11.8 Å². The lowest BCUT2D eigenvalue weighted by Gasteiger charge is -2.05. The van der Waals surface area contributed by atoms with Gasteiger partial charge in [0.1, 0.15) is 0 Å². The van der Waals surface area contributed by atoms with E-state index in [2.05, 4.69) is 11.6 Å². The summed E-state index contributed by atoms with van der Waals surface area (Å²) in [6, 6.07) is 0. The third-order valence-electron chi connectivity index (χ3n) is 1.90. The molecule has 0 aromatic heterocycles. The van der Waals surface area contributed by atoms with Gasteiger partial charge in [-0.15, -0.1) is 0 Å². The molecule has 1 saturated carbocycles. The molecule has 0 bridgehead atoms. The Labute approximate surface area is 59.6 Å². The molecule has 1 aliphatic rings. The Hall–Kier alpha value is 0.110. The van der Waals surface area contributed by atoms with Crippen LogP contribution in [0.2, 0.25) is 0 Å². The molecular weight excluding hydrogens is 134 g/mol. The molecular formula is C6H13NOS. The third kappa shape index (κ3) is 2.45. The molecule has 0 aliphatic heterocycles. The van der Waals surface area contributed by atoms with Gasteiger partial charge in [0.2, 0.25) is 0 Å². The predicted molar refractivity (Wildman–Crippen MR) is 39.4 cm³/mol. The van der Waals surface area contributed by atoms with Gasteiger partial charge in [-0.1, -0.05) is 6.92 Å². The Morgan fingerprint density at radius 1 is 1.78 bits per heavy atom. The zero-order chi connectivity index (χ0) is 6.69. The molecule has 1 fully saturated rings. The van der Waals surface area contributed by atoms with Crippen LogP contribution < -0.4 is 4.72 Å². The van der Waals surface area contributed by atoms with Gasteiger partial charge in [-0.3, -0.25) is 0 Å². The van der Waals surface area contributed by atoms with E-state index in [9.17, 15) is 4.21 Å². The fraction of sp³-hybridized carbons (Fsp3) is 1.00. The van der Waals surface area contributed by atoms with Crippen molar-refractivity contribution in [3.63, 3.8) is 0 Å². The highest BCUT2D eigenvalue weighted by molar-refractivity contribution is 7.63. The second-order valence-corrected chi connectivity index (χ2v) is 3.27. The second-order valence-electron chi connectivity index (χ2n) is 2.77. The Balaban J connectivity index is 2.02. The van der Waals surface area contributed by atoms with Crippen molar-refractivity contribution in [1.82, 2.24) is 4.72 Å². The summed E-state index contributed by atoms with van der Waals surface area (Å²) in [5, 5.41) is 0. The second kappa shape index (κ2) is 3.32. The van der Waals surface area contributed by atoms with Gasteiger partial charge in [0.15, 0.2) is 0 Å². The molecule has 1 rings (SSSR count). The fourth-order valence-corrected chi connectivity index (χ4v) is 1.38. The maximum atomic E-state index is 9.94. The molecule has 0 aromatic carbocycles. The van der Waals surface area contributed by atoms with Crippen LogP contribution in [-0.4, -0.2) is 10.8 Å². The van der Waals surface area contributed by atoms with Gasteiger partial charge in [-0.05, 0) is 24.7 Å². The first-order valence-corrected chi connectivity index (χ1v) is 4.21. The van der Waals surface area contributed by atoms with E-state index in [-0.39, 0.29) is 11.9 Å². The molecule has 9 heavy (non-hydrogen) atoms. The minimum absolute atomic E-state index is 0.0731. The molecule has 1 N–H and O–H groups in total. The van der Waals surface area contributed by atoms with E-state index in [0.717, 1.165) is 12.5 Å². The van der Waals surface area contributed by atoms with E-state index in [1.807, 2.05) is 0 Å². The highest BCUT2D eigenvalue weighted by Gasteiger charge is 2.27. The van der Waals surface area contributed by atoms with Crippen LogP contribution in [-0.2, 0) is 11.9 Å². The quantitative estimate of drug-likeness (QED) is 0.556. The van der Waals surface area contributed by atoms with Crippen molar-refractivity contribution in [2.75, 3.05) is 6.54 Å². The standard InChI is InChI=1S/C6H13NOS/c1-5(4-7-9-8)6-2-3-6/h5-6,9H,2-4H2,1H3,(H,7,8).